The maximum atomic E-state index is 9.32. The molecule has 24 heavy (non-hydrogen) atoms. The molecule has 3 heterocycles. The lowest BCUT2D eigenvalue weighted by Crippen LogP contribution is -2.50. The third-order valence-electron chi connectivity index (χ3n) is 4.59. The third-order valence-corrected chi connectivity index (χ3v) is 4.59. The van der Waals surface area contributed by atoms with Crippen LogP contribution in [0.3, 0.4) is 0 Å². The molecule has 0 bridgehead atoms. The summed E-state index contributed by atoms with van der Waals surface area (Å²) in [7, 11) is 0. The Bertz CT molecular complexity index is 656. The van der Waals surface area contributed by atoms with Crippen LogP contribution in [0, 0.1) is 0 Å². The Balaban J connectivity index is 1.81. The van der Waals surface area contributed by atoms with E-state index in [0.717, 1.165) is 55.5 Å². The zero-order valence-corrected chi connectivity index (χ0v) is 14.4. The third kappa shape index (κ3) is 3.71. The Kier molecular flexibility index (Phi) is 5.37. The van der Waals surface area contributed by atoms with Gasteiger partial charge in [0.2, 0.25) is 0 Å². The van der Waals surface area contributed by atoms with Gasteiger partial charge in [-0.25, -0.2) is 9.97 Å². The van der Waals surface area contributed by atoms with Gasteiger partial charge in [0.15, 0.2) is 5.82 Å². The van der Waals surface area contributed by atoms with Crippen LogP contribution in [0.1, 0.15) is 19.5 Å². The molecular weight excluding hydrogens is 302 g/mol. The predicted molar refractivity (Wildman–Crippen MR) is 95.0 cm³/mol. The standard InChI is InChI=1S/C18H25N5O/c1-3-16-12-17(21-18(20-16)15-4-6-19-7-5-15)23-10-8-22(9-11-23)14(2)13-24/h4-7,12,14,24H,3,8-11,13H2,1-2H3. The lowest BCUT2D eigenvalue weighted by molar-refractivity contribution is 0.128. The number of aliphatic hydroxyl groups excluding tert-OH is 1. The molecule has 1 unspecified atom stereocenters. The van der Waals surface area contributed by atoms with Crippen LogP contribution in [0.4, 0.5) is 5.82 Å². The molecule has 0 spiro atoms. The van der Waals surface area contributed by atoms with Crippen molar-refractivity contribution >= 4 is 5.82 Å². The molecular formula is C18H25N5O. The van der Waals surface area contributed by atoms with Gasteiger partial charge >= 0.3 is 0 Å². The Morgan fingerprint density at radius 3 is 2.46 bits per heavy atom. The van der Waals surface area contributed by atoms with Gasteiger partial charge in [0.1, 0.15) is 5.82 Å². The molecule has 1 atom stereocenters. The number of nitrogens with zero attached hydrogens (tertiary/aromatic N) is 5. The van der Waals surface area contributed by atoms with Crippen LogP contribution in [0.15, 0.2) is 30.6 Å². The smallest absolute Gasteiger partial charge is 0.161 e. The molecule has 0 radical (unpaired) electrons. The molecule has 1 aliphatic rings. The lowest BCUT2D eigenvalue weighted by Gasteiger charge is -2.38. The number of piperazine rings is 1. The van der Waals surface area contributed by atoms with E-state index in [-0.39, 0.29) is 12.6 Å². The summed E-state index contributed by atoms with van der Waals surface area (Å²) in [6.45, 7) is 8.11. The van der Waals surface area contributed by atoms with Gasteiger partial charge in [-0.2, -0.15) is 0 Å². The highest BCUT2D eigenvalue weighted by Gasteiger charge is 2.22. The maximum absolute atomic E-state index is 9.32. The van der Waals surface area contributed by atoms with Crippen molar-refractivity contribution < 1.29 is 5.11 Å². The minimum atomic E-state index is 0.208. The minimum absolute atomic E-state index is 0.208. The monoisotopic (exact) mass is 327 g/mol. The highest BCUT2D eigenvalue weighted by Crippen LogP contribution is 2.21. The second-order valence-electron chi connectivity index (χ2n) is 6.19. The number of aryl methyl sites for hydroxylation is 1. The number of aromatic nitrogens is 3. The Morgan fingerprint density at radius 1 is 1.12 bits per heavy atom. The molecule has 2 aromatic rings. The quantitative estimate of drug-likeness (QED) is 0.900. The molecule has 0 saturated carbocycles. The Labute approximate surface area is 143 Å². The summed E-state index contributed by atoms with van der Waals surface area (Å²) in [5.74, 6) is 1.75. The zero-order chi connectivity index (χ0) is 16.9. The summed E-state index contributed by atoms with van der Waals surface area (Å²) in [4.78, 5) is 18.1. The Hall–Kier alpha value is -2.05. The fourth-order valence-corrected chi connectivity index (χ4v) is 2.96. The van der Waals surface area contributed by atoms with Crippen LogP contribution in [-0.2, 0) is 6.42 Å². The molecule has 6 heteroatoms. The first-order chi connectivity index (χ1) is 11.7. The van der Waals surface area contributed by atoms with E-state index < -0.39 is 0 Å². The molecule has 1 N–H and O–H groups in total. The minimum Gasteiger partial charge on any atom is -0.395 e. The normalized spacial score (nSPS) is 17.0. The first kappa shape index (κ1) is 16.8. The van der Waals surface area contributed by atoms with Crippen molar-refractivity contribution in [2.24, 2.45) is 0 Å². The average molecular weight is 327 g/mol. The van der Waals surface area contributed by atoms with E-state index in [1.54, 1.807) is 12.4 Å². The molecule has 0 aliphatic carbocycles. The second kappa shape index (κ2) is 7.68. The number of hydrogen-bond donors (Lipinski definition) is 1. The summed E-state index contributed by atoms with van der Waals surface area (Å²) in [6, 6.07) is 6.20. The first-order valence-electron chi connectivity index (χ1n) is 8.59. The number of pyridine rings is 1. The predicted octanol–water partition coefficient (Wildman–Crippen LogP) is 1.60. The van der Waals surface area contributed by atoms with E-state index in [1.165, 1.54) is 0 Å². The molecule has 1 aliphatic heterocycles. The average Bonchev–Trinajstić information content (AvgIpc) is 2.67. The van der Waals surface area contributed by atoms with Crippen LogP contribution >= 0.6 is 0 Å². The van der Waals surface area contributed by atoms with E-state index in [9.17, 15) is 5.11 Å². The van der Waals surface area contributed by atoms with Crippen LogP contribution in [0.25, 0.3) is 11.4 Å². The van der Waals surface area contributed by atoms with Gasteiger partial charge in [-0.15, -0.1) is 0 Å². The highest BCUT2D eigenvalue weighted by atomic mass is 16.3. The van der Waals surface area contributed by atoms with Gasteiger partial charge < -0.3 is 10.0 Å². The topological polar surface area (TPSA) is 65.4 Å². The van der Waals surface area contributed by atoms with Gasteiger partial charge in [-0.05, 0) is 25.5 Å². The van der Waals surface area contributed by atoms with Crippen molar-refractivity contribution in [2.45, 2.75) is 26.3 Å². The van der Waals surface area contributed by atoms with Gasteiger partial charge in [0, 0.05) is 61.9 Å². The molecule has 0 aromatic carbocycles. The van der Waals surface area contributed by atoms with Gasteiger partial charge in [-0.1, -0.05) is 6.92 Å². The lowest BCUT2D eigenvalue weighted by atomic mass is 10.2. The number of anilines is 1. The van der Waals surface area contributed by atoms with Crippen molar-refractivity contribution in [3.8, 4) is 11.4 Å². The fraction of sp³-hybridized carbons (Fsp3) is 0.500. The van der Waals surface area contributed by atoms with Crippen molar-refractivity contribution in [3.05, 3.63) is 36.3 Å². The maximum Gasteiger partial charge on any atom is 0.161 e. The van der Waals surface area contributed by atoms with E-state index in [4.69, 9.17) is 4.98 Å². The molecule has 128 valence electrons. The summed E-state index contributed by atoms with van der Waals surface area (Å²) >= 11 is 0. The van der Waals surface area contributed by atoms with Crippen molar-refractivity contribution in [3.63, 3.8) is 0 Å². The van der Waals surface area contributed by atoms with Crippen LogP contribution in [0.2, 0.25) is 0 Å². The molecule has 0 amide bonds. The van der Waals surface area contributed by atoms with Crippen LogP contribution in [0.5, 0.6) is 0 Å². The molecule has 3 rings (SSSR count). The van der Waals surface area contributed by atoms with Crippen molar-refractivity contribution in [1.29, 1.82) is 0 Å². The van der Waals surface area contributed by atoms with E-state index in [2.05, 4.69) is 39.7 Å². The molecule has 1 saturated heterocycles. The summed E-state index contributed by atoms with van der Waals surface area (Å²) in [6.07, 6.45) is 4.42. The van der Waals surface area contributed by atoms with Crippen molar-refractivity contribution in [2.75, 3.05) is 37.7 Å². The first-order valence-corrected chi connectivity index (χ1v) is 8.59. The van der Waals surface area contributed by atoms with Gasteiger partial charge in [0.25, 0.3) is 0 Å². The largest absolute Gasteiger partial charge is 0.395 e. The molecule has 2 aromatic heterocycles. The Morgan fingerprint density at radius 2 is 1.83 bits per heavy atom. The fourth-order valence-electron chi connectivity index (χ4n) is 2.96. The summed E-state index contributed by atoms with van der Waals surface area (Å²) < 4.78 is 0. The van der Waals surface area contributed by atoms with Gasteiger partial charge in [0.05, 0.1) is 6.61 Å². The SMILES string of the molecule is CCc1cc(N2CCN(C(C)CO)CC2)nc(-c2ccncc2)n1. The zero-order valence-electron chi connectivity index (χ0n) is 14.4. The number of aliphatic hydroxyl groups is 1. The van der Waals surface area contributed by atoms with E-state index in [0.29, 0.717) is 0 Å². The van der Waals surface area contributed by atoms with E-state index >= 15 is 0 Å². The molecule has 1 fully saturated rings. The highest BCUT2D eigenvalue weighted by molar-refractivity contribution is 5.57. The van der Waals surface area contributed by atoms with Crippen LogP contribution in [-0.4, -0.2) is 63.8 Å². The van der Waals surface area contributed by atoms with E-state index in [1.807, 2.05) is 12.1 Å². The second-order valence-corrected chi connectivity index (χ2v) is 6.19. The van der Waals surface area contributed by atoms with Gasteiger partial charge in [-0.3, -0.25) is 9.88 Å². The summed E-state index contributed by atoms with van der Waals surface area (Å²) in [5, 5.41) is 9.32. The van der Waals surface area contributed by atoms with Crippen LogP contribution < -0.4 is 4.90 Å². The number of hydrogen-bond acceptors (Lipinski definition) is 6. The van der Waals surface area contributed by atoms with Crippen molar-refractivity contribution in [1.82, 2.24) is 19.9 Å². The number of rotatable bonds is 5. The summed E-state index contributed by atoms with van der Waals surface area (Å²) in [5.41, 5.74) is 2.05. The molecule has 6 nitrogen and oxygen atoms in total.